The zero-order chi connectivity index (χ0) is 15.6. The number of aromatic nitrogens is 1. The number of carboxylic acids is 1. The topological polar surface area (TPSA) is 71.8 Å². The fourth-order valence-electron chi connectivity index (χ4n) is 2.27. The molecule has 6 nitrogen and oxygen atoms in total. The van der Waals surface area contributed by atoms with Crippen LogP contribution in [0.4, 0.5) is 0 Å². The highest BCUT2D eigenvalue weighted by Crippen LogP contribution is 2.18. The first-order chi connectivity index (χ1) is 9.79. The monoisotopic (exact) mass is 294 g/mol. The fourth-order valence-corrected chi connectivity index (χ4v) is 2.27. The Morgan fingerprint density at radius 2 is 2.10 bits per heavy atom. The van der Waals surface area contributed by atoms with E-state index >= 15 is 0 Å². The molecule has 1 atom stereocenters. The van der Waals surface area contributed by atoms with Crippen molar-refractivity contribution in [3.8, 4) is 0 Å². The molecule has 1 aliphatic rings. The van der Waals surface area contributed by atoms with Crippen molar-refractivity contribution in [2.24, 2.45) is 5.92 Å². The molecule has 1 aliphatic heterocycles. The van der Waals surface area contributed by atoms with Gasteiger partial charge in [0.25, 0.3) is 5.91 Å². The van der Waals surface area contributed by atoms with Crippen LogP contribution >= 0.6 is 0 Å². The molecule has 0 spiro atoms. The average Bonchev–Trinajstić information content (AvgIpc) is 2.76. The van der Waals surface area contributed by atoms with E-state index in [1.54, 1.807) is 11.0 Å². The Morgan fingerprint density at radius 3 is 2.67 bits per heavy atom. The summed E-state index contributed by atoms with van der Waals surface area (Å²) < 4.78 is 7.24. The summed E-state index contributed by atoms with van der Waals surface area (Å²) in [7, 11) is 0. The Balaban J connectivity index is 2.14. The molecule has 1 saturated heterocycles. The van der Waals surface area contributed by atoms with Crippen molar-refractivity contribution in [2.45, 2.75) is 26.3 Å². The number of nitrogens with zero attached hydrogens (tertiary/aromatic N) is 2. The summed E-state index contributed by atoms with van der Waals surface area (Å²) in [5.41, 5.74) is 0.486. The van der Waals surface area contributed by atoms with Gasteiger partial charge in [-0.05, 0) is 26.8 Å². The van der Waals surface area contributed by atoms with Gasteiger partial charge in [-0.2, -0.15) is 0 Å². The Labute approximate surface area is 124 Å². The highest BCUT2D eigenvalue weighted by atomic mass is 16.5. The smallest absolute Gasteiger partial charge is 0.310 e. The highest BCUT2D eigenvalue weighted by Gasteiger charge is 2.28. The van der Waals surface area contributed by atoms with Gasteiger partial charge in [0.1, 0.15) is 0 Å². The lowest BCUT2D eigenvalue weighted by Crippen LogP contribution is -2.38. The van der Waals surface area contributed by atoms with Crippen LogP contribution < -0.4 is 0 Å². The molecule has 0 saturated carbocycles. The maximum atomic E-state index is 12.5. The van der Waals surface area contributed by atoms with E-state index in [0.29, 0.717) is 18.7 Å². The van der Waals surface area contributed by atoms with Crippen LogP contribution in [0.15, 0.2) is 18.5 Å². The third-order valence-electron chi connectivity index (χ3n) is 3.62. The molecule has 21 heavy (non-hydrogen) atoms. The Kier molecular flexibility index (Phi) is 4.37. The second kappa shape index (κ2) is 5.89. The molecule has 2 heterocycles. The minimum absolute atomic E-state index is 0.0932. The van der Waals surface area contributed by atoms with Crippen molar-refractivity contribution in [2.75, 3.05) is 26.3 Å². The van der Waals surface area contributed by atoms with Gasteiger partial charge in [0.15, 0.2) is 0 Å². The van der Waals surface area contributed by atoms with Crippen molar-refractivity contribution >= 4 is 11.9 Å². The summed E-state index contributed by atoms with van der Waals surface area (Å²) in [6, 6.07) is 1.77. The van der Waals surface area contributed by atoms with Crippen molar-refractivity contribution in [1.82, 2.24) is 9.47 Å². The average molecular weight is 294 g/mol. The lowest BCUT2D eigenvalue weighted by atomic mass is 10.1. The Bertz CT molecular complexity index is 530. The number of carbonyl (C=O) groups is 2. The first kappa shape index (κ1) is 15.6. The van der Waals surface area contributed by atoms with E-state index in [-0.39, 0.29) is 24.6 Å². The quantitative estimate of drug-likeness (QED) is 0.895. The zero-order valence-electron chi connectivity index (χ0n) is 12.7. The normalized spacial score (nSPS) is 20.1. The highest BCUT2D eigenvalue weighted by molar-refractivity contribution is 5.94. The maximum absolute atomic E-state index is 12.5. The van der Waals surface area contributed by atoms with Crippen LogP contribution in [0.1, 0.15) is 31.1 Å². The van der Waals surface area contributed by atoms with E-state index in [4.69, 9.17) is 9.84 Å². The van der Waals surface area contributed by atoms with Gasteiger partial charge in [-0.3, -0.25) is 9.59 Å². The third kappa shape index (κ3) is 3.64. The Morgan fingerprint density at radius 1 is 1.38 bits per heavy atom. The van der Waals surface area contributed by atoms with Gasteiger partial charge in [0.05, 0.1) is 24.7 Å². The van der Waals surface area contributed by atoms with Gasteiger partial charge in [0.2, 0.25) is 0 Å². The number of hydrogen-bond donors (Lipinski definition) is 1. The van der Waals surface area contributed by atoms with Crippen LogP contribution in [0, 0.1) is 5.92 Å². The Hall–Kier alpha value is -1.82. The number of amides is 1. The molecule has 1 unspecified atom stereocenters. The molecule has 0 bridgehead atoms. The predicted molar refractivity (Wildman–Crippen MR) is 77.3 cm³/mol. The van der Waals surface area contributed by atoms with E-state index in [1.807, 2.05) is 17.0 Å². The van der Waals surface area contributed by atoms with Crippen LogP contribution in [0.25, 0.3) is 0 Å². The summed E-state index contributed by atoms with van der Waals surface area (Å²) >= 11 is 0. The van der Waals surface area contributed by atoms with Crippen LogP contribution in [0.5, 0.6) is 0 Å². The lowest BCUT2D eigenvalue weighted by Gasteiger charge is -2.22. The lowest BCUT2D eigenvalue weighted by molar-refractivity contribution is -0.143. The first-order valence-electron chi connectivity index (χ1n) is 7.07. The van der Waals surface area contributed by atoms with Crippen LogP contribution in [0.2, 0.25) is 0 Å². The van der Waals surface area contributed by atoms with Gasteiger partial charge >= 0.3 is 5.97 Å². The summed E-state index contributed by atoms with van der Waals surface area (Å²) in [6.07, 6.45) is 3.68. The second-order valence-corrected chi connectivity index (χ2v) is 6.34. The molecule has 116 valence electrons. The maximum Gasteiger partial charge on any atom is 0.310 e. The number of rotatable bonds is 2. The molecule has 1 amide bonds. The second-order valence-electron chi connectivity index (χ2n) is 6.34. The van der Waals surface area contributed by atoms with Crippen molar-refractivity contribution in [1.29, 1.82) is 0 Å². The number of carboxylic acid groups (broad SMARTS) is 1. The number of hydrogen-bond acceptors (Lipinski definition) is 3. The molecular weight excluding hydrogens is 272 g/mol. The zero-order valence-corrected chi connectivity index (χ0v) is 12.7. The number of carbonyl (C=O) groups excluding carboxylic acids is 1. The summed E-state index contributed by atoms with van der Waals surface area (Å²) in [5.74, 6) is -1.74. The van der Waals surface area contributed by atoms with E-state index in [2.05, 4.69) is 20.8 Å². The fraction of sp³-hybridized carbons (Fsp3) is 0.600. The minimum atomic E-state index is -0.929. The van der Waals surface area contributed by atoms with Gasteiger partial charge in [-0.25, -0.2) is 0 Å². The van der Waals surface area contributed by atoms with Crippen molar-refractivity contribution < 1.29 is 19.4 Å². The van der Waals surface area contributed by atoms with Crippen molar-refractivity contribution in [3.05, 3.63) is 24.0 Å². The molecule has 1 N–H and O–H groups in total. The first-order valence-corrected chi connectivity index (χ1v) is 7.07. The van der Waals surface area contributed by atoms with E-state index in [1.165, 1.54) is 0 Å². The molecule has 0 radical (unpaired) electrons. The standard InChI is InChI=1S/C15H22N2O4/c1-15(2,3)17-5-4-11(9-17)13(18)16-6-7-21-10-12(8-16)14(19)20/h4-5,9,12H,6-8,10H2,1-3H3,(H,19,20). The van der Waals surface area contributed by atoms with Gasteiger partial charge in [-0.1, -0.05) is 0 Å². The molecule has 0 aromatic carbocycles. The molecule has 0 aliphatic carbocycles. The van der Waals surface area contributed by atoms with Crippen LogP contribution in [-0.2, 0) is 15.1 Å². The van der Waals surface area contributed by atoms with Crippen LogP contribution in [-0.4, -0.2) is 52.8 Å². The molecular formula is C15H22N2O4. The van der Waals surface area contributed by atoms with Gasteiger partial charge in [-0.15, -0.1) is 0 Å². The van der Waals surface area contributed by atoms with E-state index in [9.17, 15) is 9.59 Å². The molecule has 1 fully saturated rings. The van der Waals surface area contributed by atoms with Crippen LogP contribution in [0.3, 0.4) is 0 Å². The third-order valence-corrected chi connectivity index (χ3v) is 3.62. The molecule has 2 rings (SSSR count). The minimum Gasteiger partial charge on any atom is -0.481 e. The van der Waals surface area contributed by atoms with Crippen molar-refractivity contribution in [3.63, 3.8) is 0 Å². The molecule has 1 aromatic heterocycles. The number of ether oxygens (including phenoxy) is 1. The molecule has 6 heteroatoms. The summed E-state index contributed by atoms with van der Waals surface area (Å²) in [5, 5.41) is 9.12. The van der Waals surface area contributed by atoms with Gasteiger partial charge in [0, 0.05) is 31.0 Å². The number of aliphatic carboxylic acids is 1. The SMILES string of the molecule is CC(C)(C)n1ccc(C(=O)N2CCOCC(C(=O)O)C2)c1. The summed E-state index contributed by atoms with van der Waals surface area (Å²) in [4.78, 5) is 25.2. The van der Waals surface area contributed by atoms with E-state index in [0.717, 1.165) is 0 Å². The molecule has 1 aromatic rings. The van der Waals surface area contributed by atoms with Gasteiger partial charge < -0.3 is 19.3 Å². The largest absolute Gasteiger partial charge is 0.481 e. The van der Waals surface area contributed by atoms with E-state index < -0.39 is 11.9 Å². The predicted octanol–water partition coefficient (Wildman–Crippen LogP) is 1.42. The summed E-state index contributed by atoms with van der Waals surface area (Å²) in [6.45, 7) is 7.31.